The zero-order valence-electron chi connectivity index (χ0n) is 7.92. The van der Waals surface area contributed by atoms with E-state index in [1.807, 2.05) is 30.3 Å². The Morgan fingerprint density at radius 1 is 1.33 bits per heavy atom. The van der Waals surface area contributed by atoms with Crippen LogP contribution in [-0.2, 0) is 11.2 Å². The molecule has 0 aliphatic heterocycles. The van der Waals surface area contributed by atoms with Crippen molar-refractivity contribution in [2.45, 2.75) is 15.7 Å². The molecular formula is C11H9NOS2. The van der Waals surface area contributed by atoms with Crippen LogP contribution in [0, 0.1) is 0 Å². The van der Waals surface area contributed by atoms with Gasteiger partial charge in [-0.05, 0) is 12.1 Å². The molecule has 1 heterocycles. The Morgan fingerprint density at radius 3 is 2.87 bits per heavy atom. The van der Waals surface area contributed by atoms with Gasteiger partial charge in [-0.15, -0.1) is 11.3 Å². The van der Waals surface area contributed by atoms with E-state index in [0.29, 0.717) is 6.42 Å². The van der Waals surface area contributed by atoms with Crippen LogP contribution in [0.2, 0.25) is 0 Å². The summed E-state index contributed by atoms with van der Waals surface area (Å²) in [5.41, 5.74) is 0. The quantitative estimate of drug-likeness (QED) is 0.763. The number of rotatable bonds is 4. The van der Waals surface area contributed by atoms with Crippen LogP contribution in [0.1, 0.15) is 4.88 Å². The van der Waals surface area contributed by atoms with E-state index in [1.165, 1.54) is 4.90 Å². The lowest BCUT2D eigenvalue weighted by atomic mass is 10.4. The van der Waals surface area contributed by atoms with Gasteiger partial charge in [-0.3, -0.25) is 0 Å². The SMILES string of the molecule is O=CCc1cnc(Sc2ccccc2)s1. The minimum Gasteiger partial charge on any atom is -0.303 e. The highest BCUT2D eigenvalue weighted by Gasteiger charge is 2.02. The van der Waals surface area contributed by atoms with Crippen LogP contribution in [0.5, 0.6) is 0 Å². The number of aromatic nitrogens is 1. The fraction of sp³-hybridized carbons (Fsp3) is 0.0909. The Hall–Kier alpha value is -1.13. The van der Waals surface area contributed by atoms with Crippen LogP contribution >= 0.6 is 23.1 Å². The molecule has 2 aromatic rings. The fourth-order valence-corrected chi connectivity index (χ4v) is 3.07. The van der Waals surface area contributed by atoms with Gasteiger partial charge in [0.1, 0.15) is 6.29 Å². The van der Waals surface area contributed by atoms with Crippen LogP contribution in [0.25, 0.3) is 0 Å². The average Bonchev–Trinajstić information content (AvgIpc) is 2.68. The molecule has 0 N–H and O–H groups in total. The molecule has 0 saturated heterocycles. The fourth-order valence-electron chi connectivity index (χ4n) is 1.10. The summed E-state index contributed by atoms with van der Waals surface area (Å²) in [5, 5.41) is 0. The largest absolute Gasteiger partial charge is 0.303 e. The highest BCUT2D eigenvalue weighted by Crippen LogP contribution is 2.30. The van der Waals surface area contributed by atoms with Gasteiger partial charge in [0.05, 0.1) is 0 Å². The van der Waals surface area contributed by atoms with E-state index in [-0.39, 0.29) is 0 Å². The standard InChI is InChI=1S/C11H9NOS2/c13-7-6-10-8-12-11(15-10)14-9-4-2-1-3-5-9/h1-5,7-8H,6H2. The molecule has 2 rings (SSSR count). The molecule has 0 saturated carbocycles. The van der Waals surface area contributed by atoms with Crippen LogP contribution in [-0.4, -0.2) is 11.3 Å². The number of hydrogen-bond donors (Lipinski definition) is 0. The molecule has 0 aliphatic rings. The third-order valence-corrected chi connectivity index (χ3v) is 3.87. The van der Waals surface area contributed by atoms with E-state index < -0.39 is 0 Å². The lowest BCUT2D eigenvalue weighted by Crippen LogP contribution is -1.76. The molecule has 0 bridgehead atoms. The summed E-state index contributed by atoms with van der Waals surface area (Å²) in [6.07, 6.45) is 3.14. The molecular weight excluding hydrogens is 226 g/mol. The Balaban J connectivity index is 2.08. The van der Waals surface area contributed by atoms with E-state index in [0.717, 1.165) is 15.5 Å². The first-order chi connectivity index (χ1) is 7.38. The molecule has 0 radical (unpaired) electrons. The predicted molar refractivity (Wildman–Crippen MR) is 62.4 cm³/mol. The van der Waals surface area contributed by atoms with Gasteiger partial charge >= 0.3 is 0 Å². The maximum atomic E-state index is 10.3. The van der Waals surface area contributed by atoms with Crippen molar-refractivity contribution in [1.82, 2.24) is 4.98 Å². The van der Waals surface area contributed by atoms with Crippen LogP contribution in [0.3, 0.4) is 0 Å². The zero-order valence-corrected chi connectivity index (χ0v) is 9.55. The molecule has 0 unspecified atom stereocenters. The Morgan fingerprint density at radius 2 is 2.13 bits per heavy atom. The van der Waals surface area contributed by atoms with Gasteiger partial charge in [-0.1, -0.05) is 30.0 Å². The first-order valence-corrected chi connectivity index (χ1v) is 6.13. The van der Waals surface area contributed by atoms with Gasteiger partial charge in [0.25, 0.3) is 0 Å². The molecule has 0 aliphatic carbocycles. The van der Waals surface area contributed by atoms with Gasteiger partial charge in [0.15, 0.2) is 4.34 Å². The number of nitrogens with zero attached hydrogens (tertiary/aromatic N) is 1. The summed E-state index contributed by atoms with van der Waals surface area (Å²) >= 11 is 3.20. The highest BCUT2D eigenvalue weighted by molar-refractivity contribution is 8.01. The molecule has 1 aromatic carbocycles. The number of hydrogen-bond acceptors (Lipinski definition) is 4. The molecule has 76 valence electrons. The lowest BCUT2D eigenvalue weighted by Gasteiger charge is -1.94. The first-order valence-electron chi connectivity index (χ1n) is 4.50. The van der Waals surface area contributed by atoms with Gasteiger partial charge in [-0.25, -0.2) is 4.98 Å². The van der Waals surface area contributed by atoms with Crippen LogP contribution < -0.4 is 0 Å². The van der Waals surface area contributed by atoms with Crippen molar-refractivity contribution < 1.29 is 4.79 Å². The van der Waals surface area contributed by atoms with E-state index >= 15 is 0 Å². The second-order valence-electron chi connectivity index (χ2n) is 2.88. The normalized spacial score (nSPS) is 10.1. The second-order valence-corrected chi connectivity index (χ2v) is 5.31. The molecule has 4 heteroatoms. The van der Waals surface area contributed by atoms with Crippen molar-refractivity contribution in [1.29, 1.82) is 0 Å². The predicted octanol–water partition coefficient (Wildman–Crippen LogP) is 3.04. The van der Waals surface area contributed by atoms with Gasteiger partial charge < -0.3 is 4.79 Å². The maximum absolute atomic E-state index is 10.3. The zero-order chi connectivity index (χ0) is 10.5. The summed E-state index contributed by atoms with van der Waals surface area (Å²) in [6, 6.07) is 10.1. The smallest absolute Gasteiger partial charge is 0.154 e. The topological polar surface area (TPSA) is 30.0 Å². The van der Waals surface area contributed by atoms with Crippen molar-refractivity contribution >= 4 is 29.4 Å². The van der Waals surface area contributed by atoms with Crippen molar-refractivity contribution in [2.75, 3.05) is 0 Å². The van der Waals surface area contributed by atoms with Crippen molar-refractivity contribution in [3.63, 3.8) is 0 Å². The third-order valence-electron chi connectivity index (χ3n) is 1.77. The molecule has 15 heavy (non-hydrogen) atoms. The Bertz CT molecular complexity index is 439. The van der Waals surface area contributed by atoms with Crippen LogP contribution in [0.15, 0.2) is 45.8 Å². The minimum atomic E-state index is 0.465. The Kier molecular flexibility index (Phi) is 3.53. The van der Waals surface area contributed by atoms with E-state index in [1.54, 1.807) is 29.3 Å². The van der Waals surface area contributed by atoms with Crippen molar-refractivity contribution in [2.24, 2.45) is 0 Å². The van der Waals surface area contributed by atoms with Gasteiger partial charge in [0, 0.05) is 22.4 Å². The highest BCUT2D eigenvalue weighted by atomic mass is 32.2. The second kappa shape index (κ2) is 5.09. The maximum Gasteiger partial charge on any atom is 0.154 e. The van der Waals surface area contributed by atoms with E-state index in [9.17, 15) is 4.79 Å². The number of carbonyl (C=O) groups excluding carboxylic acids is 1. The van der Waals surface area contributed by atoms with Gasteiger partial charge in [-0.2, -0.15) is 0 Å². The van der Waals surface area contributed by atoms with Crippen molar-refractivity contribution in [3.8, 4) is 0 Å². The summed E-state index contributed by atoms with van der Waals surface area (Å²) in [5.74, 6) is 0. The van der Waals surface area contributed by atoms with Crippen LogP contribution in [0.4, 0.5) is 0 Å². The summed E-state index contributed by atoms with van der Waals surface area (Å²) in [6.45, 7) is 0. The minimum absolute atomic E-state index is 0.465. The third kappa shape index (κ3) is 2.91. The Labute approximate surface area is 96.4 Å². The molecule has 1 aromatic heterocycles. The summed E-state index contributed by atoms with van der Waals surface area (Å²) < 4.78 is 0.984. The lowest BCUT2D eigenvalue weighted by molar-refractivity contribution is -0.107. The first kappa shape index (κ1) is 10.4. The van der Waals surface area contributed by atoms with Gasteiger partial charge in [0.2, 0.25) is 0 Å². The number of benzene rings is 1. The summed E-state index contributed by atoms with van der Waals surface area (Å²) in [7, 11) is 0. The molecule has 0 spiro atoms. The monoisotopic (exact) mass is 235 g/mol. The summed E-state index contributed by atoms with van der Waals surface area (Å²) in [4.78, 5) is 16.8. The number of carbonyl (C=O) groups is 1. The molecule has 0 amide bonds. The number of aldehydes is 1. The molecule has 0 fully saturated rings. The van der Waals surface area contributed by atoms with Crippen molar-refractivity contribution in [3.05, 3.63) is 41.4 Å². The van der Waals surface area contributed by atoms with E-state index in [4.69, 9.17) is 0 Å². The van der Waals surface area contributed by atoms with E-state index in [2.05, 4.69) is 4.98 Å². The number of thiazole rings is 1. The molecule has 2 nitrogen and oxygen atoms in total. The average molecular weight is 235 g/mol. The molecule has 0 atom stereocenters.